The van der Waals surface area contributed by atoms with E-state index in [1.54, 1.807) is 12.3 Å². The maximum absolute atomic E-state index is 13.3. The monoisotopic (exact) mass is 324 g/mol. The van der Waals surface area contributed by atoms with Gasteiger partial charge < -0.3 is 10.0 Å². The topological polar surface area (TPSA) is 36.4 Å². The summed E-state index contributed by atoms with van der Waals surface area (Å²) in [6, 6.07) is 8.14. The van der Waals surface area contributed by atoms with E-state index < -0.39 is 0 Å². The Morgan fingerprint density at radius 1 is 1.37 bits per heavy atom. The van der Waals surface area contributed by atoms with Gasteiger partial charge in [-0.1, -0.05) is 6.07 Å². The van der Waals surface area contributed by atoms with E-state index in [0.717, 1.165) is 4.47 Å². The van der Waals surface area contributed by atoms with E-state index in [0.29, 0.717) is 23.6 Å². The molecule has 0 spiro atoms. The number of rotatable bonds is 4. The van der Waals surface area contributed by atoms with Gasteiger partial charge in [-0.05, 0) is 47.1 Å². The number of aromatic nitrogens is 1. The minimum absolute atomic E-state index is 0.117. The molecule has 2 rings (SSSR count). The molecule has 100 valence electrons. The number of hydrogen-bond acceptors (Lipinski definition) is 3. The molecule has 0 aliphatic carbocycles. The predicted octanol–water partition coefficient (Wildman–Crippen LogP) is 3.63. The Labute approximate surface area is 119 Å². The molecule has 1 heterocycles. The van der Waals surface area contributed by atoms with Gasteiger partial charge in [0.25, 0.3) is 0 Å². The number of anilines is 2. The molecule has 19 heavy (non-hydrogen) atoms. The smallest absolute Gasteiger partial charge is 0.138 e. The number of pyridine rings is 1. The summed E-state index contributed by atoms with van der Waals surface area (Å²) in [5.41, 5.74) is 1.41. The van der Waals surface area contributed by atoms with Crippen molar-refractivity contribution in [3.8, 4) is 0 Å². The van der Waals surface area contributed by atoms with E-state index in [1.165, 1.54) is 12.1 Å². The quantitative estimate of drug-likeness (QED) is 0.932. The Kier molecular flexibility index (Phi) is 4.50. The highest BCUT2D eigenvalue weighted by Gasteiger charge is 2.14. The second-order valence-corrected chi connectivity index (χ2v) is 4.93. The van der Waals surface area contributed by atoms with Crippen molar-refractivity contribution in [2.45, 2.75) is 13.5 Å². The van der Waals surface area contributed by atoms with Crippen LogP contribution in [0, 0.1) is 5.82 Å². The second-order valence-electron chi connectivity index (χ2n) is 4.02. The minimum Gasteiger partial charge on any atom is -0.392 e. The van der Waals surface area contributed by atoms with Gasteiger partial charge in [-0.2, -0.15) is 0 Å². The number of benzene rings is 1. The molecule has 0 amide bonds. The molecular formula is C14H14BrFN2O. The van der Waals surface area contributed by atoms with Crippen LogP contribution in [0.5, 0.6) is 0 Å². The maximum atomic E-state index is 13.3. The summed E-state index contributed by atoms with van der Waals surface area (Å²) in [5, 5.41) is 9.43. The van der Waals surface area contributed by atoms with Crippen LogP contribution >= 0.6 is 15.9 Å². The Morgan fingerprint density at radius 2 is 2.16 bits per heavy atom. The van der Waals surface area contributed by atoms with Gasteiger partial charge >= 0.3 is 0 Å². The SMILES string of the molecule is CCN(c1cccc(F)c1)c1ncc(Br)cc1CO. The van der Waals surface area contributed by atoms with Crippen molar-refractivity contribution in [3.05, 3.63) is 52.4 Å². The zero-order chi connectivity index (χ0) is 13.8. The van der Waals surface area contributed by atoms with E-state index in [4.69, 9.17) is 0 Å². The lowest BCUT2D eigenvalue weighted by Crippen LogP contribution is -2.19. The van der Waals surface area contributed by atoms with Crippen LogP contribution in [-0.4, -0.2) is 16.6 Å². The molecule has 5 heteroatoms. The highest BCUT2D eigenvalue weighted by atomic mass is 79.9. The maximum Gasteiger partial charge on any atom is 0.138 e. The van der Waals surface area contributed by atoms with Crippen molar-refractivity contribution < 1.29 is 9.50 Å². The van der Waals surface area contributed by atoms with Crippen LogP contribution in [0.3, 0.4) is 0 Å². The van der Waals surface area contributed by atoms with Crippen LogP contribution in [0.2, 0.25) is 0 Å². The molecule has 0 aliphatic rings. The van der Waals surface area contributed by atoms with Crippen molar-refractivity contribution in [1.82, 2.24) is 4.98 Å². The fourth-order valence-electron chi connectivity index (χ4n) is 1.93. The molecule has 0 unspecified atom stereocenters. The van der Waals surface area contributed by atoms with Crippen LogP contribution < -0.4 is 4.90 Å². The average molecular weight is 325 g/mol. The zero-order valence-electron chi connectivity index (χ0n) is 10.5. The largest absolute Gasteiger partial charge is 0.392 e. The molecule has 2 aromatic rings. The van der Waals surface area contributed by atoms with Crippen LogP contribution in [0.15, 0.2) is 41.0 Å². The van der Waals surface area contributed by atoms with E-state index >= 15 is 0 Å². The molecule has 1 N–H and O–H groups in total. The zero-order valence-corrected chi connectivity index (χ0v) is 12.1. The van der Waals surface area contributed by atoms with Gasteiger partial charge in [0.1, 0.15) is 11.6 Å². The molecule has 1 aromatic heterocycles. The molecule has 1 aromatic carbocycles. The van der Waals surface area contributed by atoms with Gasteiger partial charge in [0, 0.05) is 28.5 Å². The lowest BCUT2D eigenvalue weighted by atomic mass is 10.2. The normalized spacial score (nSPS) is 10.5. The van der Waals surface area contributed by atoms with E-state index in [-0.39, 0.29) is 12.4 Å². The number of aliphatic hydroxyl groups excluding tert-OH is 1. The summed E-state index contributed by atoms with van der Waals surface area (Å²) in [4.78, 5) is 6.19. The Morgan fingerprint density at radius 3 is 2.79 bits per heavy atom. The highest BCUT2D eigenvalue weighted by molar-refractivity contribution is 9.10. The van der Waals surface area contributed by atoms with E-state index in [9.17, 15) is 9.50 Å². The summed E-state index contributed by atoms with van der Waals surface area (Å²) in [7, 11) is 0. The fourth-order valence-corrected chi connectivity index (χ4v) is 2.31. The lowest BCUT2D eigenvalue weighted by Gasteiger charge is -2.24. The summed E-state index contributed by atoms with van der Waals surface area (Å²) in [5.74, 6) is 0.345. The first-order valence-electron chi connectivity index (χ1n) is 5.94. The molecule has 0 bridgehead atoms. The van der Waals surface area contributed by atoms with Gasteiger partial charge in [-0.25, -0.2) is 9.37 Å². The molecule has 0 saturated heterocycles. The average Bonchev–Trinajstić information content (AvgIpc) is 2.41. The van der Waals surface area contributed by atoms with Crippen LogP contribution in [0.4, 0.5) is 15.9 Å². The van der Waals surface area contributed by atoms with Crippen molar-refractivity contribution in [1.29, 1.82) is 0 Å². The third-order valence-corrected chi connectivity index (χ3v) is 3.21. The van der Waals surface area contributed by atoms with Gasteiger partial charge in [0.15, 0.2) is 0 Å². The Balaban J connectivity index is 2.48. The van der Waals surface area contributed by atoms with Gasteiger partial charge in [0.05, 0.1) is 6.61 Å². The van der Waals surface area contributed by atoms with E-state index in [2.05, 4.69) is 20.9 Å². The fraction of sp³-hybridized carbons (Fsp3) is 0.214. The first-order chi connectivity index (χ1) is 9.15. The van der Waals surface area contributed by atoms with Gasteiger partial charge in [-0.3, -0.25) is 0 Å². The Bertz CT molecular complexity index is 577. The first-order valence-corrected chi connectivity index (χ1v) is 6.73. The molecular weight excluding hydrogens is 311 g/mol. The first kappa shape index (κ1) is 14.0. The van der Waals surface area contributed by atoms with Crippen molar-refractivity contribution >= 4 is 27.4 Å². The lowest BCUT2D eigenvalue weighted by molar-refractivity contribution is 0.281. The summed E-state index contributed by atoms with van der Waals surface area (Å²) >= 11 is 3.32. The molecule has 0 aliphatic heterocycles. The molecule has 0 fully saturated rings. The Hall–Kier alpha value is -1.46. The van der Waals surface area contributed by atoms with Crippen molar-refractivity contribution in [3.63, 3.8) is 0 Å². The van der Waals surface area contributed by atoms with Crippen LogP contribution in [-0.2, 0) is 6.61 Å². The number of aliphatic hydroxyl groups is 1. The van der Waals surface area contributed by atoms with Gasteiger partial charge in [-0.15, -0.1) is 0 Å². The molecule has 0 radical (unpaired) electrons. The molecule has 0 saturated carbocycles. The van der Waals surface area contributed by atoms with Crippen molar-refractivity contribution in [2.75, 3.05) is 11.4 Å². The number of hydrogen-bond donors (Lipinski definition) is 1. The van der Waals surface area contributed by atoms with Crippen LogP contribution in [0.25, 0.3) is 0 Å². The second kappa shape index (κ2) is 6.12. The molecule has 0 atom stereocenters. The number of nitrogens with zero attached hydrogens (tertiary/aromatic N) is 2. The third kappa shape index (κ3) is 3.11. The summed E-state index contributed by atoms with van der Waals surface area (Å²) < 4.78 is 14.1. The number of halogens is 2. The van der Waals surface area contributed by atoms with E-state index in [1.807, 2.05) is 24.0 Å². The standard InChI is InChI=1S/C14H14BrFN2O/c1-2-18(13-5-3-4-12(16)7-13)14-10(9-19)6-11(15)8-17-14/h3-8,19H,2,9H2,1H3. The van der Waals surface area contributed by atoms with Crippen molar-refractivity contribution in [2.24, 2.45) is 0 Å². The van der Waals surface area contributed by atoms with Crippen LogP contribution in [0.1, 0.15) is 12.5 Å². The predicted molar refractivity (Wildman–Crippen MR) is 76.9 cm³/mol. The highest BCUT2D eigenvalue weighted by Crippen LogP contribution is 2.28. The summed E-state index contributed by atoms with van der Waals surface area (Å²) in [6.07, 6.45) is 1.66. The van der Waals surface area contributed by atoms with Gasteiger partial charge in [0.2, 0.25) is 0 Å². The minimum atomic E-state index is -0.293. The molecule has 3 nitrogen and oxygen atoms in total. The third-order valence-electron chi connectivity index (χ3n) is 2.77. The summed E-state index contributed by atoms with van der Waals surface area (Å²) in [6.45, 7) is 2.47.